The Bertz CT molecular complexity index is 1350. The van der Waals surface area contributed by atoms with E-state index in [2.05, 4.69) is 104 Å². The second kappa shape index (κ2) is 7.61. The minimum Gasteiger partial charge on any atom is -0.488 e. The van der Waals surface area contributed by atoms with Crippen LogP contribution in [0, 0.1) is 0 Å². The molecule has 3 aliphatic heterocycles. The Morgan fingerprint density at radius 1 is 0.583 bits per heavy atom. The zero-order chi connectivity index (χ0) is 25.7. The zero-order valence-corrected chi connectivity index (χ0v) is 22.5. The van der Waals surface area contributed by atoms with E-state index in [-0.39, 0.29) is 36.6 Å². The molecule has 0 bridgehead atoms. The lowest BCUT2D eigenvalue weighted by molar-refractivity contribution is 0.00578. The lowest BCUT2D eigenvalue weighted by Crippen LogP contribution is -2.41. The average Bonchev–Trinajstić information content (AvgIpc) is 3.17. The maximum atomic E-state index is 6.35. The SMILES string of the molecule is CC1(C)OB(c2ccc3c(c2)COc2c-3ccc3cc(B4OC(C)(C)C(C)(C)O4)ccc23)OC1(C)C. The average molecular weight is 484 g/mol. The molecule has 0 aromatic heterocycles. The highest BCUT2D eigenvalue weighted by Crippen LogP contribution is 2.43. The Balaban J connectivity index is 1.32. The minimum atomic E-state index is -0.384. The molecule has 3 aromatic rings. The predicted octanol–water partition coefficient (Wildman–Crippen LogP) is 5.00. The highest BCUT2D eigenvalue weighted by atomic mass is 16.7. The van der Waals surface area contributed by atoms with E-state index >= 15 is 0 Å². The molecule has 0 radical (unpaired) electrons. The number of hydrogen-bond acceptors (Lipinski definition) is 5. The van der Waals surface area contributed by atoms with E-state index < -0.39 is 0 Å². The first kappa shape index (κ1) is 24.1. The van der Waals surface area contributed by atoms with Crippen LogP contribution in [0.2, 0.25) is 0 Å². The lowest BCUT2D eigenvalue weighted by atomic mass is 9.76. The molecule has 5 nitrogen and oxygen atoms in total. The van der Waals surface area contributed by atoms with Crippen LogP contribution in [0.25, 0.3) is 21.9 Å². The molecular formula is C29H34B2O5. The van der Waals surface area contributed by atoms with Gasteiger partial charge in [0.1, 0.15) is 12.4 Å². The van der Waals surface area contributed by atoms with Gasteiger partial charge < -0.3 is 23.4 Å². The number of ether oxygens (including phenoxy) is 1. The Morgan fingerprint density at radius 3 is 1.67 bits per heavy atom. The van der Waals surface area contributed by atoms with Gasteiger partial charge in [-0.25, -0.2) is 0 Å². The largest absolute Gasteiger partial charge is 0.494 e. The molecule has 0 spiro atoms. The summed E-state index contributed by atoms with van der Waals surface area (Å²) >= 11 is 0. The van der Waals surface area contributed by atoms with Crippen LogP contribution in [-0.4, -0.2) is 36.6 Å². The second-order valence-electron chi connectivity index (χ2n) is 12.3. The smallest absolute Gasteiger partial charge is 0.488 e. The van der Waals surface area contributed by atoms with Crippen molar-refractivity contribution in [3.8, 4) is 16.9 Å². The third-order valence-corrected chi connectivity index (χ3v) is 8.84. The molecule has 3 aliphatic rings. The highest BCUT2D eigenvalue weighted by molar-refractivity contribution is 6.62. The van der Waals surface area contributed by atoms with Crippen molar-refractivity contribution in [3.63, 3.8) is 0 Å². The van der Waals surface area contributed by atoms with Gasteiger partial charge in [-0.05, 0) is 82.8 Å². The molecule has 3 aromatic carbocycles. The summed E-state index contributed by atoms with van der Waals surface area (Å²) < 4.78 is 31.4. The Kier molecular flexibility index (Phi) is 5.08. The van der Waals surface area contributed by atoms with Crippen LogP contribution in [0.3, 0.4) is 0 Å². The number of benzene rings is 3. The van der Waals surface area contributed by atoms with Crippen molar-refractivity contribution in [3.05, 3.63) is 54.1 Å². The zero-order valence-electron chi connectivity index (χ0n) is 22.5. The summed E-state index contributed by atoms with van der Waals surface area (Å²) in [6, 6.07) is 17.1. The molecule has 0 N–H and O–H groups in total. The molecule has 2 saturated heterocycles. The van der Waals surface area contributed by atoms with Gasteiger partial charge in [0.05, 0.1) is 22.4 Å². The molecule has 36 heavy (non-hydrogen) atoms. The summed E-state index contributed by atoms with van der Waals surface area (Å²) in [7, 11) is -0.767. The first-order valence-corrected chi connectivity index (χ1v) is 12.8. The summed E-state index contributed by atoms with van der Waals surface area (Å²) in [5.41, 5.74) is 4.01. The normalized spacial score (nSPS) is 22.9. The Labute approximate surface area is 214 Å². The first-order chi connectivity index (χ1) is 16.8. The van der Waals surface area contributed by atoms with E-state index in [0.29, 0.717) is 6.61 Å². The van der Waals surface area contributed by atoms with Crippen molar-refractivity contribution in [2.75, 3.05) is 0 Å². The van der Waals surface area contributed by atoms with Crippen LogP contribution in [0.1, 0.15) is 61.0 Å². The topological polar surface area (TPSA) is 46.2 Å². The van der Waals surface area contributed by atoms with Crippen molar-refractivity contribution in [1.82, 2.24) is 0 Å². The molecule has 3 heterocycles. The van der Waals surface area contributed by atoms with E-state index in [9.17, 15) is 0 Å². The standard InChI is InChI=1S/C29H34B2O5/c1-26(2)27(3,4)34-30(33-26)20-11-14-23-18(15-20)9-12-24-22-13-10-21(16-19(22)17-32-25(23)24)31-35-28(5,6)29(7,8)36-31/h9-16H,17H2,1-8H3. The predicted molar refractivity (Wildman–Crippen MR) is 145 cm³/mol. The van der Waals surface area contributed by atoms with Crippen LogP contribution >= 0.6 is 0 Å². The van der Waals surface area contributed by atoms with Crippen LogP contribution < -0.4 is 15.7 Å². The van der Waals surface area contributed by atoms with Gasteiger partial charge in [0, 0.05) is 10.9 Å². The third kappa shape index (κ3) is 3.55. The van der Waals surface area contributed by atoms with Crippen molar-refractivity contribution in [2.24, 2.45) is 0 Å². The maximum absolute atomic E-state index is 6.35. The van der Waals surface area contributed by atoms with Gasteiger partial charge in [-0.2, -0.15) is 0 Å². The van der Waals surface area contributed by atoms with Crippen LogP contribution in [0.4, 0.5) is 0 Å². The van der Waals surface area contributed by atoms with Gasteiger partial charge in [-0.1, -0.05) is 48.5 Å². The quantitative estimate of drug-likeness (QED) is 0.480. The van der Waals surface area contributed by atoms with E-state index in [1.165, 1.54) is 5.56 Å². The molecule has 0 aliphatic carbocycles. The van der Waals surface area contributed by atoms with E-state index in [4.69, 9.17) is 23.4 Å². The second-order valence-corrected chi connectivity index (χ2v) is 12.3. The molecular weight excluding hydrogens is 450 g/mol. The van der Waals surface area contributed by atoms with Crippen LogP contribution in [0.5, 0.6) is 5.75 Å². The highest BCUT2D eigenvalue weighted by Gasteiger charge is 2.52. The van der Waals surface area contributed by atoms with Gasteiger partial charge in [-0.15, -0.1) is 0 Å². The fourth-order valence-electron chi connectivity index (χ4n) is 5.08. The molecule has 186 valence electrons. The Hall–Kier alpha value is -2.31. The van der Waals surface area contributed by atoms with Crippen molar-refractivity contribution < 1.29 is 23.4 Å². The summed E-state index contributed by atoms with van der Waals surface area (Å²) in [5, 5.41) is 2.20. The van der Waals surface area contributed by atoms with Gasteiger partial charge in [0.2, 0.25) is 0 Å². The summed E-state index contributed by atoms with van der Waals surface area (Å²) in [6.45, 7) is 17.1. The third-order valence-electron chi connectivity index (χ3n) is 8.84. The molecule has 0 saturated carbocycles. The van der Waals surface area contributed by atoms with Crippen molar-refractivity contribution in [2.45, 2.75) is 84.4 Å². The Morgan fingerprint density at radius 2 is 1.08 bits per heavy atom. The lowest BCUT2D eigenvalue weighted by Gasteiger charge is -2.32. The molecule has 0 unspecified atom stereocenters. The number of fused-ring (bicyclic) bond motifs is 5. The summed E-state index contributed by atoms with van der Waals surface area (Å²) in [5.74, 6) is 0.920. The first-order valence-electron chi connectivity index (χ1n) is 12.8. The molecule has 0 atom stereocenters. The van der Waals surface area contributed by atoms with Crippen LogP contribution in [0.15, 0.2) is 48.5 Å². The van der Waals surface area contributed by atoms with Crippen molar-refractivity contribution in [1.29, 1.82) is 0 Å². The fraction of sp³-hybridized carbons (Fsp3) is 0.448. The number of hydrogen-bond donors (Lipinski definition) is 0. The van der Waals surface area contributed by atoms with Crippen molar-refractivity contribution >= 4 is 35.9 Å². The summed E-state index contributed by atoms with van der Waals surface area (Å²) in [6.07, 6.45) is 0. The van der Waals surface area contributed by atoms with Gasteiger partial charge in [0.25, 0.3) is 0 Å². The molecule has 0 amide bonds. The molecule has 6 rings (SSSR count). The number of rotatable bonds is 2. The molecule has 7 heteroatoms. The van der Waals surface area contributed by atoms with Gasteiger partial charge >= 0.3 is 14.2 Å². The fourth-order valence-corrected chi connectivity index (χ4v) is 5.08. The van der Waals surface area contributed by atoms with E-state index in [1.54, 1.807) is 0 Å². The van der Waals surface area contributed by atoms with Gasteiger partial charge in [0.15, 0.2) is 0 Å². The monoisotopic (exact) mass is 484 g/mol. The maximum Gasteiger partial charge on any atom is 0.494 e. The summed E-state index contributed by atoms with van der Waals surface area (Å²) in [4.78, 5) is 0. The van der Waals surface area contributed by atoms with E-state index in [1.807, 2.05) is 0 Å². The minimum absolute atomic E-state index is 0.367. The molecule has 2 fully saturated rings. The van der Waals surface area contributed by atoms with E-state index in [0.717, 1.165) is 38.6 Å². The van der Waals surface area contributed by atoms with Gasteiger partial charge in [-0.3, -0.25) is 0 Å². The van der Waals surface area contributed by atoms with Crippen LogP contribution in [-0.2, 0) is 25.2 Å².